The lowest BCUT2D eigenvalue weighted by Crippen LogP contribution is -2.40. The maximum Gasteiger partial charge on any atom is 0.161 e. The van der Waals surface area contributed by atoms with E-state index in [1.807, 2.05) is 31.2 Å². The van der Waals surface area contributed by atoms with Crippen molar-refractivity contribution in [2.75, 3.05) is 46.0 Å². The molecule has 0 spiro atoms. The van der Waals surface area contributed by atoms with Crippen molar-refractivity contribution in [3.63, 3.8) is 0 Å². The molecule has 3 rings (SSSR count). The van der Waals surface area contributed by atoms with E-state index in [0.29, 0.717) is 23.3 Å². The fourth-order valence-electron chi connectivity index (χ4n) is 3.14. The molecule has 0 saturated carbocycles. The van der Waals surface area contributed by atoms with Gasteiger partial charge < -0.3 is 19.5 Å². The van der Waals surface area contributed by atoms with Crippen LogP contribution in [-0.2, 0) is 17.9 Å². The number of benzene rings is 2. The summed E-state index contributed by atoms with van der Waals surface area (Å²) in [5.74, 6) is 1.47. The molecule has 1 aliphatic rings. The second-order valence-electron chi connectivity index (χ2n) is 6.88. The van der Waals surface area contributed by atoms with E-state index in [1.165, 1.54) is 0 Å². The predicted octanol–water partition coefficient (Wildman–Crippen LogP) is 4.39. The zero-order chi connectivity index (χ0) is 20.5. The normalized spacial score (nSPS) is 14.7. The molecule has 0 bridgehead atoms. The third-order valence-electron chi connectivity index (χ3n) is 4.72. The van der Waals surface area contributed by atoms with E-state index in [0.717, 1.165) is 68.6 Å². The molecule has 158 valence electrons. The Hall–Kier alpha value is -1.50. The average Bonchev–Trinajstić information content (AvgIpc) is 2.74. The van der Waals surface area contributed by atoms with Crippen LogP contribution in [0.2, 0.25) is 10.0 Å². The van der Waals surface area contributed by atoms with Crippen LogP contribution in [0.5, 0.6) is 11.5 Å². The standard InChI is InChI=1S/C22H28Cl2N2O3/c1-2-28-22-14-17(15-25-7-8-26-9-11-27-12-10-26)4-6-21(22)29-16-18-3-5-19(23)20(24)13-18/h3-6,13-14,25H,2,7-12,15-16H2,1H3. The van der Waals surface area contributed by atoms with Gasteiger partial charge in [-0.3, -0.25) is 4.90 Å². The number of halogens is 2. The van der Waals surface area contributed by atoms with Gasteiger partial charge in [-0.15, -0.1) is 0 Å². The van der Waals surface area contributed by atoms with E-state index in [1.54, 1.807) is 6.07 Å². The summed E-state index contributed by atoms with van der Waals surface area (Å²) in [4.78, 5) is 2.42. The fourth-order valence-corrected chi connectivity index (χ4v) is 3.46. The van der Waals surface area contributed by atoms with Gasteiger partial charge in [-0.2, -0.15) is 0 Å². The topological polar surface area (TPSA) is 43.0 Å². The van der Waals surface area contributed by atoms with Gasteiger partial charge in [0.15, 0.2) is 11.5 Å². The monoisotopic (exact) mass is 438 g/mol. The molecule has 1 aliphatic heterocycles. The molecule has 1 N–H and O–H groups in total. The quantitative estimate of drug-likeness (QED) is 0.557. The maximum absolute atomic E-state index is 6.08. The Balaban J connectivity index is 1.52. The van der Waals surface area contributed by atoms with Crippen molar-refractivity contribution >= 4 is 23.2 Å². The third kappa shape index (κ3) is 7.05. The first-order chi connectivity index (χ1) is 14.2. The summed E-state index contributed by atoms with van der Waals surface area (Å²) in [6.07, 6.45) is 0. The minimum atomic E-state index is 0.397. The largest absolute Gasteiger partial charge is 0.490 e. The minimum Gasteiger partial charge on any atom is -0.490 e. The summed E-state index contributed by atoms with van der Waals surface area (Å²) >= 11 is 12.0. The zero-order valence-corrected chi connectivity index (χ0v) is 18.3. The van der Waals surface area contributed by atoms with Gasteiger partial charge in [-0.05, 0) is 42.3 Å². The number of ether oxygens (including phenoxy) is 3. The van der Waals surface area contributed by atoms with Crippen molar-refractivity contribution in [2.45, 2.75) is 20.1 Å². The Kier molecular flexibility index (Phi) is 8.90. The Morgan fingerprint density at radius 2 is 1.76 bits per heavy atom. The Morgan fingerprint density at radius 3 is 2.52 bits per heavy atom. The molecule has 0 aromatic heterocycles. The molecule has 0 atom stereocenters. The molecule has 5 nitrogen and oxygen atoms in total. The molecule has 1 fully saturated rings. The first-order valence-corrected chi connectivity index (χ1v) is 10.7. The van der Waals surface area contributed by atoms with Crippen LogP contribution in [0.3, 0.4) is 0 Å². The van der Waals surface area contributed by atoms with E-state index >= 15 is 0 Å². The Bertz CT molecular complexity index is 783. The second kappa shape index (κ2) is 11.6. The molecule has 7 heteroatoms. The number of hydrogen-bond donors (Lipinski definition) is 1. The van der Waals surface area contributed by atoms with Gasteiger partial charge in [0.25, 0.3) is 0 Å². The van der Waals surface area contributed by atoms with Crippen molar-refractivity contribution < 1.29 is 14.2 Å². The molecule has 1 saturated heterocycles. The number of rotatable bonds is 10. The van der Waals surface area contributed by atoms with Crippen molar-refractivity contribution in [3.05, 3.63) is 57.6 Å². The van der Waals surface area contributed by atoms with Crippen molar-refractivity contribution in [1.29, 1.82) is 0 Å². The van der Waals surface area contributed by atoms with Crippen LogP contribution in [0.15, 0.2) is 36.4 Å². The smallest absolute Gasteiger partial charge is 0.161 e. The lowest BCUT2D eigenvalue weighted by molar-refractivity contribution is 0.0384. The molecule has 0 radical (unpaired) electrons. The summed E-state index contributed by atoms with van der Waals surface area (Å²) in [5, 5.41) is 4.56. The first-order valence-electron chi connectivity index (χ1n) is 9.99. The molecular weight excluding hydrogens is 411 g/mol. The van der Waals surface area contributed by atoms with Crippen molar-refractivity contribution in [1.82, 2.24) is 10.2 Å². The van der Waals surface area contributed by atoms with Crippen LogP contribution in [0.4, 0.5) is 0 Å². The van der Waals surface area contributed by atoms with Gasteiger partial charge in [-0.1, -0.05) is 35.3 Å². The second-order valence-corrected chi connectivity index (χ2v) is 7.70. The SMILES string of the molecule is CCOc1cc(CNCCN2CCOCC2)ccc1OCc1ccc(Cl)c(Cl)c1. The summed E-state index contributed by atoms with van der Waals surface area (Å²) in [5.41, 5.74) is 2.12. The zero-order valence-electron chi connectivity index (χ0n) is 16.8. The molecule has 0 unspecified atom stereocenters. The van der Waals surface area contributed by atoms with Crippen LogP contribution >= 0.6 is 23.2 Å². The highest BCUT2D eigenvalue weighted by Gasteiger charge is 2.10. The molecule has 0 amide bonds. The van der Waals surface area contributed by atoms with Crippen molar-refractivity contribution in [2.24, 2.45) is 0 Å². The predicted molar refractivity (Wildman–Crippen MR) is 117 cm³/mol. The summed E-state index contributed by atoms with van der Waals surface area (Å²) in [6.45, 7) is 9.41. The average molecular weight is 439 g/mol. The highest BCUT2D eigenvalue weighted by atomic mass is 35.5. The van der Waals surface area contributed by atoms with Gasteiger partial charge in [-0.25, -0.2) is 0 Å². The van der Waals surface area contributed by atoms with E-state index in [-0.39, 0.29) is 0 Å². The van der Waals surface area contributed by atoms with Crippen molar-refractivity contribution in [3.8, 4) is 11.5 Å². The number of morpholine rings is 1. The van der Waals surface area contributed by atoms with Gasteiger partial charge in [0.2, 0.25) is 0 Å². The van der Waals surface area contributed by atoms with Crippen LogP contribution in [-0.4, -0.2) is 50.9 Å². The van der Waals surface area contributed by atoms with Crippen LogP contribution < -0.4 is 14.8 Å². The number of hydrogen-bond acceptors (Lipinski definition) is 5. The highest BCUT2D eigenvalue weighted by Crippen LogP contribution is 2.30. The first kappa shape index (κ1) is 22.2. The molecule has 0 aliphatic carbocycles. The molecule has 2 aromatic carbocycles. The minimum absolute atomic E-state index is 0.397. The Morgan fingerprint density at radius 1 is 0.966 bits per heavy atom. The molecule has 1 heterocycles. The van der Waals surface area contributed by atoms with Crippen LogP contribution in [0.25, 0.3) is 0 Å². The molecular formula is C22H28Cl2N2O3. The van der Waals surface area contributed by atoms with E-state index < -0.39 is 0 Å². The Labute approximate surface area is 182 Å². The van der Waals surface area contributed by atoms with Crippen LogP contribution in [0, 0.1) is 0 Å². The van der Waals surface area contributed by atoms with E-state index in [2.05, 4.69) is 16.3 Å². The fraction of sp³-hybridized carbons (Fsp3) is 0.455. The van der Waals surface area contributed by atoms with Gasteiger partial charge in [0.1, 0.15) is 6.61 Å². The van der Waals surface area contributed by atoms with Gasteiger partial charge in [0.05, 0.1) is 29.9 Å². The van der Waals surface area contributed by atoms with Crippen LogP contribution in [0.1, 0.15) is 18.1 Å². The lowest BCUT2D eigenvalue weighted by atomic mass is 10.2. The molecule has 29 heavy (non-hydrogen) atoms. The van der Waals surface area contributed by atoms with E-state index in [4.69, 9.17) is 37.4 Å². The maximum atomic E-state index is 6.08. The highest BCUT2D eigenvalue weighted by molar-refractivity contribution is 6.42. The molecule has 2 aromatic rings. The summed E-state index contributed by atoms with van der Waals surface area (Å²) < 4.78 is 17.1. The van der Waals surface area contributed by atoms with E-state index in [9.17, 15) is 0 Å². The van der Waals surface area contributed by atoms with Gasteiger partial charge in [0, 0.05) is 32.7 Å². The number of nitrogens with one attached hydrogen (secondary N) is 1. The van der Waals surface area contributed by atoms with Gasteiger partial charge >= 0.3 is 0 Å². The summed E-state index contributed by atoms with van der Waals surface area (Å²) in [6, 6.07) is 11.6. The number of nitrogens with zero attached hydrogens (tertiary/aromatic N) is 1. The lowest BCUT2D eigenvalue weighted by Gasteiger charge is -2.26. The summed E-state index contributed by atoms with van der Waals surface area (Å²) in [7, 11) is 0. The third-order valence-corrected chi connectivity index (χ3v) is 5.46.